The van der Waals surface area contributed by atoms with Gasteiger partial charge in [-0.15, -0.1) is 0 Å². The number of azide groups is 1. The molecule has 0 aromatic heterocycles. The van der Waals surface area contributed by atoms with E-state index in [1.54, 1.807) is 6.08 Å². The standard InChI is InChI=1S/C14H13N5/c15-11-14(12-16,9-10-18-19-17)8-4-7-13-5-2-1-3-6-13/h1-7H,8-10H2. The average molecular weight is 251 g/mol. The Morgan fingerprint density at radius 3 is 2.53 bits per heavy atom. The highest BCUT2D eigenvalue weighted by Crippen LogP contribution is 2.26. The van der Waals surface area contributed by atoms with Gasteiger partial charge in [-0.25, -0.2) is 0 Å². The lowest BCUT2D eigenvalue weighted by atomic mass is 9.84. The third-order valence-corrected chi connectivity index (χ3v) is 2.71. The van der Waals surface area contributed by atoms with E-state index < -0.39 is 5.41 Å². The van der Waals surface area contributed by atoms with E-state index in [1.807, 2.05) is 48.5 Å². The minimum absolute atomic E-state index is 0.150. The SMILES string of the molecule is N#CC(C#N)(CC=Cc1ccccc1)CCN=[N+]=[N-]. The third kappa shape index (κ3) is 4.55. The average Bonchev–Trinajstić information content (AvgIpc) is 2.47. The van der Waals surface area contributed by atoms with E-state index in [1.165, 1.54) is 0 Å². The molecule has 0 heterocycles. The molecule has 0 unspecified atom stereocenters. The number of benzene rings is 1. The monoisotopic (exact) mass is 251 g/mol. The molecule has 5 nitrogen and oxygen atoms in total. The molecule has 0 aliphatic heterocycles. The highest BCUT2D eigenvalue weighted by Gasteiger charge is 2.27. The molecule has 0 amide bonds. The smallest absolute Gasteiger partial charge is 0.147 e. The zero-order chi connectivity index (χ0) is 14.0. The van der Waals surface area contributed by atoms with Crippen LogP contribution in [0.15, 0.2) is 41.5 Å². The number of hydrogen-bond donors (Lipinski definition) is 0. The summed E-state index contributed by atoms with van der Waals surface area (Å²) in [6.45, 7) is 0.150. The largest absolute Gasteiger partial charge is 0.197 e. The molecule has 1 rings (SSSR count). The molecule has 1 aromatic rings. The fraction of sp³-hybridized carbons (Fsp3) is 0.286. The van der Waals surface area contributed by atoms with Gasteiger partial charge in [0.2, 0.25) is 0 Å². The Bertz CT molecular complexity index is 542. The quantitative estimate of drug-likeness (QED) is 0.436. The van der Waals surface area contributed by atoms with Crippen LogP contribution in [-0.4, -0.2) is 6.54 Å². The molecule has 5 heteroatoms. The molecule has 0 aliphatic carbocycles. The minimum atomic E-state index is -1.13. The van der Waals surface area contributed by atoms with Crippen LogP contribution in [0.4, 0.5) is 0 Å². The van der Waals surface area contributed by atoms with Gasteiger partial charge in [-0.1, -0.05) is 47.6 Å². The van der Waals surface area contributed by atoms with Crippen molar-refractivity contribution in [3.05, 3.63) is 52.4 Å². The van der Waals surface area contributed by atoms with Crippen molar-refractivity contribution in [1.29, 1.82) is 10.5 Å². The highest BCUT2D eigenvalue weighted by atomic mass is 15.1. The zero-order valence-corrected chi connectivity index (χ0v) is 10.4. The van der Waals surface area contributed by atoms with Crippen LogP contribution < -0.4 is 0 Å². The first-order valence-corrected chi connectivity index (χ1v) is 5.81. The van der Waals surface area contributed by atoms with Crippen LogP contribution in [0.2, 0.25) is 0 Å². The van der Waals surface area contributed by atoms with Crippen LogP contribution in [0.3, 0.4) is 0 Å². The summed E-state index contributed by atoms with van der Waals surface area (Å²) < 4.78 is 0. The summed E-state index contributed by atoms with van der Waals surface area (Å²) in [5.41, 5.74) is 8.10. The maximum Gasteiger partial charge on any atom is 0.147 e. The number of allylic oxidation sites excluding steroid dienone is 1. The number of nitrogens with zero attached hydrogens (tertiary/aromatic N) is 5. The normalized spacial score (nSPS) is 10.4. The van der Waals surface area contributed by atoms with Crippen molar-refractivity contribution in [1.82, 2.24) is 0 Å². The molecule has 0 radical (unpaired) electrons. The number of hydrogen-bond acceptors (Lipinski definition) is 3. The Kier molecular flexibility index (Phi) is 5.69. The van der Waals surface area contributed by atoms with E-state index in [0.717, 1.165) is 5.56 Å². The minimum Gasteiger partial charge on any atom is -0.197 e. The highest BCUT2D eigenvalue weighted by molar-refractivity contribution is 5.49. The van der Waals surface area contributed by atoms with E-state index in [9.17, 15) is 0 Å². The van der Waals surface area contributed by atoms with Crippen LogP contribution in [-0.2, 0) is 0 Å². The Labute approximate surface area is 112 Å². The second kappa shape index (κ2) is 7.55. The lowest BCUT2D eigenvalue weighted by Crippen LogP contribution is -2.16. The van der Waals surface area contributed by atoms with Gasteiger partial charge in [0, 0.05) is 11.5 Å². The maximum atomic E-state index is 9.13. The van der Waals surface area contributed by atoms with E-state index >= 15 is 0 Å². The van der Waals surface area contributed by atoms with Gasteiger partial charge in [0.25, 0.3) is 0 Å². The van der Waals surface area contributed by atoms with Gasteiger partial charge >= 0.3 is 0 Å². The summed E-state index contributed by atoms with van der Waals surface area (Å²) in [7, 11) is 0. The molecule has 19 heavy (non-hydrogen) atoms. The maximum absolute atomic E-state index is 9.13. The van der Waals surface area contributed by atoms with Crippen LogP contribution in [0.25, 0.3) is 16.5 Å². The Balaban J connectivity index is 2.70. The van der Waals surface area contributed by atoms with Crippen molar-refractivity contribution < 1.29 is 0 Å². The molecule has 1 aromatic carbocycles. The topological polar surface area (TPSA) is 96.3 Å². The molecule has 0 fully saturated rings. The summed E-state index contributed by atoms with van der Waals surface area (Å²) >= 11 is 0. The molecule has 0 N–H and O–H groups in total. The van der Waals surface area contributed by atoms with Gasteiger partial charge in [0.1, 0.15) is 5.41 Å². The van der Waals surface area contributed by atoms with Crippen LogP contribution >= 0.6 is 0 Å². The molecule has 0 bridgehead atoms. The van der Waals surface area contributed by atoms with Gasteiger partial charge in [0.15, 0.2) is 0 Å². The first kappa shape index (κ1) is 14.3. The van der Waals surface area contributed by atoms with Gasteiger partial charge in [-0.2, -0.15) is 10.5 Å². The Morgan fingerprint density at radius 1 is 1.26 bits per heavy atom. The van der Waals surface area contributed by atoms with Gasteiger partial charge in [0.05, 0.1) is 12.1 Å². The van der Waals surface area contributed by atoms with E-state index in [-0.39, 0.29) is 13.0 Å². The molecular weight excluding hydrogens is 238 g/mol. The molecule has 0 saturated carbocycles. The summed E-state index contributed by atoms with van der Waals surface area (Å²) in [6, 6.07) is 13.7. The molecule has 0 atom stereocenters. The second-order valence-corrected chi connectivity index (χ2v) is 4.03. The van der Waals surface area contributed by atoms with Gasteiger partial charge in [-0.3, -0.25) is 0 Å². The first-order valence-electron chi connectivity index (χ1n) is 5.81. The fourth-order valence-corrected chi connectivity index (χ4v) is 1.58. The summed E-state index contributed by atoms with van der Waals surface area (Å²) in [4.78, 5) is 2.62. The Hall–Kier alpha value is -2.75. The molecule has 0 aliphatic rings. The van der Waals surface area contributed by atoms with Crippen molar-refractivity contribution >= 4 is 6.08 Å². The van der Waals surface area contributed by atoms with Crippen LogP contribution in [0.1, 0.15) is 18.4 Å². The van der Waals surface area contributed by atoms with Gasteiger partial charge in [-0.05, 0) is 23.9 Å². The lowest BCUT2D eigenvalue weighted by Gasteiger charge is -2.14. The summed E-state index contributed by atoms with van der Waals surface area (Å²) in [6.07, 6.45) is 4.23. The van der Waals surface area contributed by atoms with E-state index in [4.69, 9.17) is 16.1 Å². The third-order valence-electron chi connectivity index (χ3n) is 2.71. The van der Waals surface area contributed by atoms with Crippen molar-refractivity contribution in [3.8, 4) is 12.1 Å². The molecular formula is C14H13N5. The van der Waals surface area contributed by atoms with E-state index in [2.05, 4.69) is 10.0 Å². The lowest BCUT2D eigenvalue weighted by molar-refractivity contribution is 0.491. The molecule has 0 saturated heterocycles. The molecule has 94 valence electrons. The van der Waals surface area contributed by atoms with Crippen LogP contribution in [0.5, 0.6) is 0 Å². The number of nitriles is 2. The van der Waals surface area contributed by atoms with Crippen molar-refractivity contribution in [3.63, 3.8) is 0 Å². The predicted octanol–water partition coefficient (Wildman–Crippen LogP) is 3.82. The van der Waals surface area contributed by atoms with Crippen molar-refractivity contribution in [2.75, 3.05) is 6.54 Å². The van der Waals surface area contributed by atoms with E-state index in [0.29, 0.717) is 6.42 Å². The summed E-state index contributed by atoms with van der Waals surface area (Å²) in [5, 5.41) is 21.6. The fourth-order valence-electron chi connectivity index (χ4n) is 1.58. The predicted molar refractivity (Wildman–Crippen MR) is 72.4 cm³/mol. The zero-order valence-electron chi connectivity index (χ0n) is 10.4. The van der Waals surface area contributed by atoms with Gasteiger partial charge < -0.3 is 0 Å². The number of rotatable bonds is 6. The second-order valence-electron chi connectivity index (χ2n) is 4.03. The molecule has 0 spiro atoms. The van der Waals surface area contributed by atoms with Crippen LogP contribution in [0, 0.1) is 28.1 Å². The van der Waals surface area contributed by atoms with Crippen molar-refractivity contribution in [2.45, 2.75) is 12.8 Å². The summed E-state index contributed by atoms with van der Waals surface area (Å²) in [5.74, 6) is 0. The Morgan fingerprint density at radius 2 is 1.95 bits per heavy atom. The van der Waals surface area contributed by atoms with Crippen molar-refractivity contribution in [2.24, 2.45) is 10.5 Å². The first-order chi connectivity index (χ1) is 9.26.